The SMILES string of the molecule is C[C@@H]1c2nnc(-c3nc(C4CC4)ns3)n2CCN1C(=O)c1ccc(-c2cccs2)c(F)c1. The van der Waals surface area contributed by atoms with E-state index >= 15 is 0 Å². The lowest BCUT2D eigenvalue weighted by molar-refractivity contribution is 0.0638. The van der Waals surface area contributed by atoms with Crippen LogP contribution in [0.2, 0.25) is 0 Å². The molecule has 1 amide bonds. The lowest BCUT2D eigenvalue weighted by atomic mass is 10.1. The first kappa shape index (κ1) is 19.7. The number of amides is 1. The monoisotopic (exact) mass is 466 g/mol. The number of halogens is 1. The molecule has 1 aromatic carbocycles. The fraction of sp³-hybridized carbons (Fsp3) is 0.318. The first-order valence-corrected chi connectivity index (χ1v) is 12.2. The molecule has 0 radical (unpaired) electrons. The van der Waals surface area contributed by atoms with Crippen LogP contribution in [-0.2, 0) is 6.54 Å². The van der Waals surface area contributed by atoms with E-state index < -0.39 is 5.82 Å². The molecule has 2 aliphatic rings. The fourth-order valence-corrected chi connectivity index (χ4v) is 5.59. The van der Waals surface area contributed by atoms with Gasteiger partial charge in [0.2, 0.25) is 0 Å². The van der Waals surface area contributed by atoms with Gasteiger partial charge in [0.25, 0.3) is 5.91 Å². The Morgan fingerprint density at radius 1 is 1.19 bits per heavy atom. The van der Waals surface area contributed by atoms with Crippen molar-refractivity contribution in [2.24, 2.45) is 0 Å². The Morgan fingerprint density at radius 3 is 2.81 bits per heavy atom. The van der Waals surface area contributed by atoms with Crippen molar-refractivity contribution in [1.29, 1.82) is 0 Å². The summed E-state index contributed by atoms with van der Waals surface area (Å²) in [7, 11) is 0. The van der Waals surface area contributed by atoms with Crippen LogP contribution in [0.25, 0.3) is 21.3 Å². The molecule has 0 spiro atoms. The van der Waals surface area contributed by atoms with Crippen molar-refractivity contribution < 1.29 is 9.18 Å². The van der Waals surface area contributed by atoms with Gasteiger partial charge in [-0.15, -0.1) is 21.5 Å². The van der Waals surface area contributed by atoms with E-state index in [-0.39, 0.29) is 11.9 Å². The number of thiophene rings is 1. The van der Waals surface area contributed by atoms with E-state index in [0.29, 0.717) is 41.8 Å². The second kappa shape index (κ2) is 7.56. The molecule has 1 fully saturated rings. The number of rotatable bonds is 4. The van der Waals surface area contributed by atoms with E-state index in [1.54, 1.807) is 17.0 Å². The predicted molar refractivity (Wildman–Crippen MR) is 120 cm³/mol. The van der Waals surface area contributed by atoms with E-state index in [4.69, 9.17) is 0 Å². The summed E-state index contributed by atoms with van der Waals surface area (Å²) in [4.78, 5) is 20.4. The molecule has 1 saturated carbocycles. The van der Waals surface area contributed by atoms with Crippen molar-refractivity contribution in [3.8, 4) is 21.3 Å². The van der Waals surface area contributed by atoms with Gasteiger partial charge >= 0.3 is 0 Å². The molecule has 1 aliphatic heterocycles. The third-order valence-corrected chi connectivity index (χ3v) is 7.65. The van der Waals surface area contributed by atoms with Gasteiger partial charge in [-0.3, -0.25) is 4.79 Å². The molecule has 1 aliphatic carbocycles. The zero-order valence-electron chi connectivity index (χ0n) is 17.2. The van der Waals surface area contributed by atoms with Crippen LogP contribution in [-0.4, -0.2) is 41.5 Å². The van der Waals surface area contributed by atoms with Crippen LogP contribution in [0.4, 0.5) is 4.39 Å². The van der Waals surface area contributed by atoms with Crippen molar-refractivity contribution in [2.75, 3.05) is 6.54 Å². The van der Waals surface area contributed by atoms with E-state index in [0.717, 1.165) is 28.6 Å². The summed E-state index contributed by atoms with van der Waals surface area (Å²) in [6, 6.07) is 8.17. The molecule has 7 nitrogen and oxygen atoms in total. The Morgan fingerprint density at radius 2 is 2.06 bits per heavy atom. The molecule has 0 bridgehead atoms. The molecule has 10 heteroatoms. The molecular weight excluding hydrogens is 447 g/mol. The average molecular weight is 467 g/mol. The number of aromatic nitrogens is 5. The summed E-state index contributed by atoms with van der Waals surface area (Å²) < 4.78 is 21.2. The molecule has 162 valence electrons. The van der Waals surface area contributed by atoms with Gasteiger partial charge in [-0.1, -0.05) is 6.07 Å². The van der Waals surface area contributed by atoms with Gasteiger partial charge in [0.15, 0.2) is 16.7 Å². The zero-order valence-corrected chi connectivity index (χ0v) is 18.9. The van der Waals surface area contributed by atoms with Crippen LogP contribution in [0, 0.1) is 5.82 Å². The number of benzene rings is 1. The van der Waals surface area contributed by atoms with E-state index in [1.165, 1.54) is 28.9 Å². The number of carbonyl (C=O) groups excluding carboxylic acids is 1. The number of hydrogen-bond donors (Lipinski definition) is 0. The summed E-state index contributed by atoms with van der Waals surface area (Å²) in [5, 5.41) is 11.4. The minimum absolute atomic E-state index is 0.211. The Hall–Kier alpha value is -2.98. The molecule has 4 aromatic rings. The van der Waals surface area contributed by atoms with Crippen molar-refractivity contribution in [3.63, 3.8) is 0 Å². The van der Waals surface area contributed by atoms with Crippen LogP contribution in [0.1, 0.15) is 53.7 Å². The first-order valence-electron chi connectivity index (χ1n) is 10.5. The van der Waals surface area contributed by atoms with E-state index in [1.807, 2.05) is 29.0 Å². The van der Waals surface area contributed by atoms with Crippen molar-refractivity contribution in [3.05, 3.63) is 58.7 Å². The Balaban J connectivity index is 1.25. The van der Waals surface area contributed by atoms with Gasteiger partial charge in [-0.2, -0.15) is 4.37 Å². The lowest BCUT2D eigenvalue weighted by Crippen LogP contribution is -2.41. The smallest absolute Gasteiger partial charge is 0.254 e. The number of nitrogens with zero attached hydrogens (tertiary/aromatic N) is 6. The van der Waals surface area contributed by atoms with Crippen LogP contribution in [0.3, 0.4) is 0 Å². The summed E-state index contributed by atoms with van der Waals surface area (Å²) in [6.45, 7) is 2.97. The highest BCUT2D eigenvalue weighted by molar-refractivity contribution is 7.13. The maximum absolute atomic E-state index is 14.7. The molecule has 6 rings (SSSR count). The number of fused-ring (bicyclic) bond motifs is 1. The van der Waals surface area contributed by atoms with Gasteiger partial charge in [0.05, 0.1) is 6.04 Å². The number of carbonyl (C=O) groups is 1. The lowest BCUT2D eigenvalue weighted by Gasteiger charge is -2.33. The summed E-state index contributed by atoms with van der Waals surface area (Å²) in [5.74, 6) is 2.19. The maximum atomic E-state index is 14.7. The largest absolute Gasteiger partial charge is 0.327 e. The summed E-state index contributed by atoms with van der Waals surface area (Å²) in [6.07, 6.45) is 2.30. The van der Waals surface area contributed by atoms with Gasteiger partial charge < -0.3 is 9.47 Å². The third-order valence-electron chi connectivity index (χ3n) is 6.02. The van der Waals surface area contributed by atoms with Gasteiger partial charge in [-0.05, 0) is 60.9 Å². The normalized spacial score (nSPS) is 18.1. The quantitative estimate of drug-likeness (QED) is 0.433. The maximum Gasteiger partial charge on any atom is 0.254 e. The van der Waals surface area contributed by atoms with Gasteiger partial charge in [-0.25, -0.2) is 9.37 Å². The fourth-order valence-electron chi connectivity index (χ4n) is 4.10. The molecule has 1 atom stereocenters. The van der Waals surface area contributed by atoms with Crippen LogP contribution in [0.5, 0.6) is 0 Å². The summed E-state index contributed by atoms with van der Waals surface area (Å²) >= 11 is 2.82. The van der Waals surface area contributed by atoms with Gasteiger partial charge in [0.1, 0.15) is 11.6 Å². The Bertz CT molecular complexity index is 1310. The standard InChI is InChI=1S/C22H19FN6OS2/c1-12-19-25-26-20(21-24-18(27-32-21)13-4-5-13)29(19)9-8-28(12)22(30)14-6-7-15(16(23)11-14)17-3-2-10-31-17/h2-3,6-7,10-13H,4-5,8-9H2,1H3/t12-/m1/s1. The second-order valence-electron chi connectivity index (χ2n) is 8.11. The molecular formula is C22H19FN6OS2. The minimum Gasteiger partial charge on any atom is -0.327 e. The third kappa shape index (κ3) is 3.25. The molecule has 32 heavy (non-hydrogen) atoms. The Kier molecular flexibility index (Phi) is 4.65. The van der Waals surface area contributed by atoms with Crippen molar-refractivity contribution in [2.45, 2.75) is 38.3 Å². The van der Waals surface area contributed by atoms with E-state index in [9.17, 15) is 9.18 Å². The molecule has 0 unspecified atom stereocenters. The van der Waals surface area contributed by atoms with E-state index in [2.05, 4.69) is 19.6 Å². The molecule has 0 N–H and O–H groups in total. The number of hydrogen-bond acceptors (Lipinski definition) is 7. The van der Waals surface area contributed by atoms with Crippen LogP contribution < -0.4 is 0 Å². The zero-order chi connectivity index (χ0) is 21.8. The molecule has 4 heterocycles. The van der Waals surface area contributed by atoms with Crippen molar-refractivity contribution in [1.82, 2.24) is 29.0 Å². The van der Waals surface area contributed by atoms with Crippen LogP contribution in [0.15, 0.2) is 35.7 Å². The highest BCUT2D eigenvalue weighted by Gasteiger charge is 2.34. The van der Waals surface area contributed by atoms with Gasteiger partial charge in [0, 0.05) is 35.0 Å². The topological polar surface area (TPSA) is 76.8 Å². The Labute approximate surface area is 191 Å². The van der Waals surface area contributed by atoms with Crippen LogP contribution >= 0.6 is 22.9 Å². The highest BCUT2D eigenvalue weighted by Crippen LogP contribution is 2.40. The molecule has 3 aromatic heterocycles. The first-order chi connectivity index (χ1) is 15.6. The average Bonchev–Trinajstić information content (AvgIpc) is 3.20. The molecule has 0 saturated heterocycles. The second-order valence-corrected chi connectivity index (χ2v) is 9.81. The minimum atomic E-state index is -0.392. The summed E-state index contributed by atoms with van der Waals surface area (Å²) in [5.41, 5.74) is 0.844. The predicted octanol–water partition coefficient (Wildman–Crippen LogP) is 4.76. The van der Waals surface area contributed by atoms with Crippen molar-refractivity contribution >= 4 is 28.8 Å². The highest BCUT2D eigenvalue weighted by atomic mass is 32.1.